The van der Waals surface area contributed by atoms with Crippen molar-refractivity contribution in [3.63, 3.8) is 0 Å². The summed E-state index contributed by atoms with van der Waals surface area (Å²) >= 11 is 0. The van der Waals surface area contributed by atoms with E-state index in [9.17, 15) is 8.42 Å². The van der Waals surface area contributed by atoms with Crippen LogP contribution in [0.5, 0.6) is 0 Å². The summed E-state index contributed by atoms with van der Waals surface area (Å²) in [6.07, 6.45) is 2.46. The Kier molecular flexibility index (Phi) is 3.35. The zero-order valence-electron chi connectivity index (χ0n) is 13.7. The molecule has 0 saturated heterocycles. The first-order valence-corrected chi connectivity index (χ1v) is 9.39. The van der Waals surface area contributed by atoms with Crippen LogP contribution < -0.4 is 4.31 Å². The lowest BCUT2D eigenvalue weighted by molar-refractivity contribution is 0.593. The first kappa shape index (κ1) is 15.1. The third-order valence-corrected chi connectivity index (χ3v) is 6.36. The second-order valence-corrected chi connectivity index (χ2v) is 8.08. The third kappa shape index (κ3) is 2.19. The normalized spacial score (nSPS) is 14.2. The van der Waals surface area contributed by atoms with Gasteiger partial charge in [-0.25, -0.2) is 8.42 Å². The Morgan fingerprint density at radius 2 is 1.88 bits per heavy atom. The molecule has 1 aromatic heterocycles. The highest BCUT2D eigenvalue weighted by Crippen LogP contribution is 2.36. The van der Waals surface area contributed by atoms with Crippen molar-refractivity contribution >= 4 is 26.6 Å². The summed E-state index contributed by atoms with van der Waals surface area (Å²) in [5.74, 6) is 0. The SMILES string of the molecule is Cc1cnc2c(S(=O)(=O)N3CCc4cccc(C)c43)cccc2c1. The van der Waals surface area contributed by atoms with Crippen LogP contribution in [-0.2, 0) is 16.4 Å². The fourth-order valence-electron chi connectivity index (χ4n) is 3.42. The van der Waals surface area contributed by atoms with E-state index >= 15 is 0 Å². The predicted octanol–water partition coefficient (Wildman–Crippen LogP) is 3.60. The molecule has 0 bridgehead atoms. The predicted molar refractivity (Wildman–Crippen MR) is 95.9 cm³/mol. The minimum Gasteiger partial charge on any atom is -0.265 e. The first-order chi connectivity index (χ1) is 11.5. The van der Waals surface area contributed by atoms with Gasteiger partial charge in [-0.1, -0.05) is 30.3 Å². The number of rotatable bonds is 2. The van der Waals surface area contributed by atoms with E-state index in [4.69, 9.17) is 0 Å². The van der Waals surface area contributed by atoms with E-state index in [1.807, 2.05) is 44.2 Å². The van der Waals surface area contributed by atoms with E-state index in [2.05, 4.69) is 4.98 Å². The molecule has 0 amide bonds. The molecule has 3 aromatic rings. The Bertz CT molecular complexity index is 1060. The molecule has 0 saturated carbocycles. The number of nitrogens with zero attached hydrogens (tertiary/aromatic N) is 2. The van der Waals surface area contributed by atoms with Gasteiger partial charge in [-0.2, -0.15) is 0 Å². The van der Waals surface area contributed by atoms with Crippen LogP contribution >= 0.6 is 0 Å². The van der Waals surface area contributed by atoms with Gasteiger partial charge in [-0.05, 0) is 49.1 Å². The molecule has 5 heteroatoms. The summed E-state index contributed by atoms with van der Waals surface area (Å²) in [6.45, 7) is 4.38. The van der Waals surface area contributed by atoms with Gasteiger partial charge in [-0.3, -0.25) is 9.29 Å². The number of anilines is 1. The van der Waals surface area contributed by atoms with E-state index in [1.165, 1.54) is 4.31 Å². The summed E-state index contributed by atoms with van der Waals surface area (Å²) in [5.41, 5.74) is 4.44. The number of aryl methyl sites for hydroxylation is 2. The summed E-state index contributed by atoms with van der Waals surface area (Å²) in [6, 6.07) is 13.2. The van der Waals surface area contributed by atoms with E-state index < -0.39 is 10.0 Å². The molecule has 24 heavy (non-hydrogen) atoms. The van der Waals surface area contributed by atoms with Gasteiger partial charge < -0.3 is 0 Å². The van der Waals surface area contributed by atoms with E-state index in [0.29, 0.717) is 12.1 Å². The van der Waals surface area contributed by atoms with Crippen molar-refractivity contribution in [2.45, 2.75) is 25.2 Å². The van der Waals surface area contributed by atoms with Gasteiger partial charge in [0.05, 0.1) is 11.2 Å². The Hall–Kier alpha value is -2.40. The molecule has 0 spiro atoms. The van der Waals surface area contributed by atoms with Crippen LogP contribution in [0.4, 0.5) is 5.69 Å². The molecular formula is C19H18N2O2S. The molecule has 0 unspecified atom stereocenters. The fourth-order valence-corrected chi connectivity index (χ4v) is 5.16. The highest BCUT2D eigenvalue weighted by atomic mass is 32.2. The van der Waals surface area contributed by atoms with Gasteiger partial charge in [0.15, 0.2) is 0 Å². The van der Waals surface area contributed by atoms with E-state index in [1.54, 1.807) is 18.3 Å². The van der Waals surface area contributed by atoms with Crippen LogP contribution in [0.15, 0.2) is 53.6 Å². The molecule has 0 radical (unpaired) electrons. The van der Waals surface area contributed by atoms with Crippen molar-refractivity contribution < 1.29 is 8.42 Å². The zero-order chi connectivity index (χ0) is 16.9. The number of sulfonamides is 1. The molecule has 122 valence electrons. The van der Waals surface area contributed by atoms with Gasteiger partial charge in [-0.15, -0.1) is 0 Å². The molecule has 2 heterocycles. The van der Waals surface area contributed by atoms with Crippen LogP contribution in [-0.4, -0.2) is 19.9 Å². The Morgan fingerprint density at radius 3 is 2.71 bits per heavy atom. The fraction of sp³-hybridized carbons (Fsp3) is 0.211. The van der Waals surface area contributed by atoms with Gasteiger partial charge in [0.25, 0.3) is 10.0 Å². The number of aromatic nitrogens is 1. The quantitative estimate of drug-likeness (QED) is 0.717. The molecule has 1 aliphatic heterocycles. The highest BCUT2D eigenvalue weighted by molar-refractivity contribution is 7.93. The Balaban J connectivity index is 1.93. The lowest BCUT2D eigenvalue weighted by Gasteiger charge is -2.22. The minimum atomic E-state index is -3.64. The smallest absolute Gasteiger partial charge is 0.265 e. The highest BCUT2D eigenvalue weighted by Gasteiger charge is 2.33. The summed E-state index contributed by atoms with van der Waals surface area (Å²) < 4.78 is 28.2. The van der Waals surface area contributed by atoms with Gasteiger partial charge >= 0.3 is 0 Å². The van der Waals surface area contributed by atoms with Gasteiger partial charge in [0, 0.05) is 18.1 Å². The third-order valence-electron chi connectivity index (χ3n) is 4.53. The number of para-hydroxylation sites is 2. The standard InChI is InChI=1S/C19H18N2O2S/c1-13-11-16-7-4-8-17(18(16)20-12-13)24(22,23)21-10-9-15-6-3-5-14(2)19(15)21/h3-8,11-12H,9-10H2,1-2H3. The zero-order valence-corrected chi connectivity index (χ0v) is 14.5. The number of hydrogen-bond acceptors (Lipinski definition) is 3. The summed E-state index contributed by atoms with van der Waals surface area (Å²) in [5, 5.41) is 0.847. The van der Waals surface area contributed by atoms with Crippen molar-refractivity contribution in [3.05, 3.63) is 65.4 Å². The summed E-state index contributed by atoms with van der Waals surface area (Å²) in [4.78, 5) is 4.67. The van der Waals surface area contributed by atoms with Gasteiger partial charge in [0.2, 0.25) is 0 Å². The maximum Gasteiger partial charge on any atom is 0.266 e. The van der Waals surface area contributed by atoms with Crippen LogP contribution in [0.2, 0.25) is 0 Å². The van der Waals surface area contributed by atoms with Crippen molar-refractivity contribution in [2.24, 2.45) is 0 Å². The topological polar surface area (TPSA) is 50.3 Å². The number of benzene rings is 2. The summed E-state index contributed by atoms with van der Waals surface area (Å²) in [7, 11) is -3.64. The first-order valence-electron chi connectivity index (χ1n) is 7.95. The second kappa shape index (κ2) is 5.31. The van der Waals surface area contributed by atoms with E-state index in [0.717, 1.165) is 34.2 Å². The Morgan fingerprint density at radius 1 is 1.08 bits per heavy atom. The van der Waals surface area contributed by atoms with Crippen LogP contribution in [0.1, 0.15) is 16.7 Å². The molecule has 0 N–H and O–H groups in total. The maximum absolute atomic E-state index is 13.3. The molecular weight excluding hydrogens is 320 g/mol. The van der Waals surface area contributed by atoms with Crippen molar-refractivity contribution in [1.82, 2.24) is 4.98 Å². The second-order valence-electron chi connectivity index (χ2n) is 6.25. The molecule has 1 aliphatic rings. The van der Waals surface area contributed by atoms with Gasteiger partial charge in [0.1, 0.15) is 4.90 Å². The average Bonchev–Trinajstić information content (AvgIpc) is 3.00. The average molecular weight is 338 g/mol. The minimum absolute atomic E-state index is 0.274. The van der Waals surface area contributed by atoms with Crippen molar-refractivity contribution in [1.29, 1.82) is 0 Å². The van der Waals surface area contributed by atoms with Crippen LogP contribution in [0, 0.1) is 13.8 Å². The molecule has 2 aromatic carbocycles. The molecule has 0 fully saturated rings. The van der Waals surface area contributed by atoms with E-state index in [-0.39, 0.29) is 4.90 Å². The maximum atomic E-state index is 13.3. The molecule has 4 rings (SSSR count). The Labute approximate surface area is 141 Å². The number of hydrogen-bond donors (Lipinski definition) is 0. The van der Waals surface area contributed by atoms with Crippen LogP contribution in [0.3, 0.4) is 0 Å². The monoisotopic (exact) mass is 338 g/mol. The van der Waals surface area contributed by atoms with Crippen molar-refractivity contribution in [2.75, 3.05) is 10.8 Å². The molecule has 0 atom stereocenters. The molecule has 0 aliphatic carbocycles. The largest absolute Gasteiger partial charge is 0.266 e. The van der Waals surface area contributed by atoms with Crippen LogP contribution in [0.25, 0.3) is 10.9 Å². The lowest BCUT2D eigenvalue weighted by Crippen LogP contribution is -2.29. The lowest BCUT2D eigenvalue weighted by atomic mass is 10.1. The number of fused-ring (bicyclic) bond motifs is 2. The molecule has 4 nitrogen and oxygen atoms in total. The number of pyridine rings is 1. The van der Waals surface area contributed by atoms with Crippen molar-refractivity contribution in [3.8, 4) is 0 Å².